The molecule has 1 aromatic heterocycles. The average molecular weight is 339 g/mol. The second-order valence-electron chi connectivity index (χ2n) is 7.43. The van der Waals surface area contributed by atoms with E-state index in [0.717, 1.165) is 24.2 Å². The van der Waals surface area contributed by atoms with Gasteiger partial charge in [0.2, 0.25) is 0 Å². The average Bonchev–Trinajstić information content (AvgIpc) is 3.19. The first kappa shape index (κ1) is 16.9. The van der Waals surface area contributed by atoms with Gasteiger partial charge in [0.05, 0.1) is 0 Å². The zero-order chi connectivity index (χ0) is 17.5. The Hall–Kier alpha value is -1.98. The third kappa shape index (κ3) is 3.91. The van der Waals surface area contributed by atoms with Crippen LogP contribution in [-0.4, -0.2) is 11.5 Å². The fourth-order valence-corrected chi connectivity index (χ4v) is 2.78. The monoisotopic (exact) mass is 339 g/mol. The summed E-state index contributed by atoms with van der Waals surface area (Å²) in [5, 5.41) is 4.10. The fourth-order valence-electron chi connectivity index (χ4n) is 2.78. The molecule has 0 N–H and O–H groups in total. The molecule has 2 aromatic rings. The number of benzene rings is 1. The second kappa shape index (κ2) is 5.83. The molecule has 1 aliphatic carbocycles. The van der Waals surface area contributed by atoms with Crippen LogP contribution in [0.4, 0.5) is 13.2 Å². The SMILES string of the molecule is CC(C)(C)Cc1c(-c2ccccc2OC(F)(F)F)noc1C1CC1. The van der Waals surface area contributed by atoms with Crippen molar-refractivity contribution in [3.63, 3.8) is 0 Å². The molecule has 0 aliphatic heterocycles. The van der Waals surface area contributed by atoms with Crippen LogP contribution in [0.5, 0.6) is 5.75 Å². The van der Waals surface area contributed by atoms with Crippen LogP contribution < -0.4 is 4.74 Å². The van der Waals surface area contributed by atoms with Gasteiger partial charge in [-0.25, -0.2) is 0 Å². The summed E-state index contributed by atoms with van der Waals surface area (Å²) in [6.45, 7) is 6.25. The minimum Gasteiger partial charge on any atom is -0.405 e. The van der Waals surface area contributed by atoms with E-state index in [4.69, 9.17) is 4.52 Å². The summed E-state index contributed by atoms with van der Waals surface area (Å²) >= 11 is 0. The Morgan fingerprint density at radius 1 is 1.17 bits per heavy atom. The predicted molar refractivity (Wildman–Crippen MR) is 83.8 cm³/mol. The van der Waals surface area contributed by atoms with Gasteiger partial charge in [-0.3, -0.25) is 0 Å². The number of rotatable bonds is 4. The van der Waals surface area contributed by atoms with Gasteiger partial charge in [-0.2, -0.15) is 0 Å². The molecule has 1 aliphatic rings. The first-order valence-corrected chi connectivity index (χ1v) is 7.98. The maximum atomic E-state index is 12.7. The number of para-hydroxylation sites is 1. The third-order valence-electron chi connectivity index (χ3n) is 3.84. The van der Waals surface area contributed by atoms with Gasteiger partial charge in [0.15, 0.2) is 0 Å². The summed E-state index contributed by atoms with van der Waals surface area (Å²) in [5.74, 6) is 0.886. The van der Waals surface area contributed by atoms with Crippen molar-refractivity contribution in [2.75, 3.05) is 0 Å². The Morgan fingerprint density at radius 2 is 1.83 bits per heavy atom. The lowest BCUT2D eigenvalue weighted by Crippen LogP contribution is -2.18. The van der Waals surface area contributed by atoms with Crippen LogP contribution in [0.15, 0.2) is 28.8 Å². The fraction of sp³-hybridized carbons (Fsp3) is 0.500. The number of ether oxygens (including phenoxy) is 1. The first-order valence-electron chi connectivity index (χ1n) is 7.98. The Bertz CT molecular complexity index is 725. The van der Waals surface area contributed by atoms with E-state index in [-0.39, 0.29) is 11.2 Å². The van der Waals surface area contributed by atoms with E-state index in [0.29, 0.717) is 23.6 Å². The number of aromatic nitrogens is 1. The van der Waals surface area contributed by atoms with E-state index in [9.17, 15) is 13.2 Å². The summed E-state index contributed by atoms with van der Waals surface area (Å²) in [4.78, 5) is 0. The van der Waals surface area contributed by atoms with Crippen molar-refractivity contribution in [1.29, 1.82) is 0 Å². The minimum absolute atomic E-state index is 0.0379. The molecular weight excluding hydrogens is 319 g/mol. The van der Waals surface area contributed by atoms with Gasteiger partial charge >= 0.3 is 6.36 Å². The Labute approximate surface area is 138 Å². The number of nitrogens with zero attached hydrogens (tertiary/aromatic N) is 1. The molecule has 130 valence electrons. The molecule has 24 heavy (non-hydrogen) atoms. The molecule has 0 saturated heterocycles. The highest BCUT2D eigenvalue weighted by atomic mass is 19.4. The van der Waals surface area contributed by atoms with Crippen LogP contribution >= 0.6 is 0 Å². The zero-order valence-electron chi connectivity index (χ0n) is 13.9. The predicted octanol–water partition coefficient (Wildman–Crippen LogP) is 5.71. The van der Waals surface area contributed by atoms with Crippen molar-refractivity contribution >= 4 is 0 Å². The van der Waals surface area contributed by atoms with Crippen molar-refractivity contribution in [3.8, 4) is 17.0 Å². The topological polar surface area (TPSA) is 35.3 Å². The van der Waals surface area contributed by atoms with E-state index in [1.54, 1.807) is 12.1 Å². The summed E-state index contributed by atoms with van der Waals surface area (Å²) in [6, 6.07) is 6.07. The van der Waals surface area contributed by atoms with Crippen LogP contribution in [-0.2, 0) is 6.42 Å². The molecule has 1 aromatic carbocycles. The van der Waals surface area contributed by atoms with Gasteiger partial charge in [-0.05, 0) is 36.8 Å². The number of alkyl halides is 3. The summed E-state index contributed by atoms with van der Waals surface area (Å²) < 4.78 is 47.8. The van der Waals surface area contributed by atoms with E-state index in [1.165, 1.54) is 12.1 Å². The molecule has 3 rings (SSSR count). The van der Waals surface area contributed by atoms with Crippen molar-refractivity contribution in [3.05, 3.63) is 35.6 Å². The molecule has 0 spiro atoms. The molecule has 0 unspecified atom stereocenters. The number of halogens is 3. The standard InChI is InChI=1S/C18H20F3NO2/c1-17(2,3)10-13-15(22-24-16(13)11-8-9-11)12-6-4-5-7-14(12)23-18(19,20)21/h4-7,11H,8-10H2,1-3H3. The highest BCUT2D eigenvalue weighted by molar-refractivity contribution is 5.70. The highest BCUT2D eigenvalue weighted by Crippen LogP contribution is 2.46. The number of hydrogen-bond acceptors (Lipinski definition) is 3. The summed E-state index contributed by atoms with van der Waals surface area (Å²) in [6.07, 6.45) is -2.00. The molecule has 0 bridgehead atoms. The Kier molecular flexibility index (Phi) is 4.10. The van der Waals surface area contributed by atoms with Crippen LogP contribution in [0, 0.1) is 5.41 Å². The molecule has 1 saturated carbocycles. The van der Waals surface area contributed by atoms with Gasteiger partial charge in [0.25, 0.3) is 0 Å². The van der Waals surface area contributed by atoms with Crippen molar-refractivity contribution < 1.29 is 22.4 Å². The number of hydrogen-bond donors (Lipinski definition) is 0. The van der Waals surface area contributed by atoms with Gasteiger partial charge in [-0.1, -0.05) is 38.1 Å². The lowest BCUT2D eigenvalue weighted by Gasteiger charge is -2.19. The molecule has 1 heterocycles. The van der Waals surface area contributed by atoms with E-state index < -0.39 is 6.36 Å². The third-order valence-corrected chi connectivity index (χ3v) is 3.84. The molecule has 6 heteroatoms. The molecule has 1 fully saturated rings. The quantitative estimate of drug-likeness (QED) is 0.716. The van der Waals surface area contributed by atoms with Gasteiger partial charge in [0, 0.05) is 17.0 Å². The van der Waals surface area contributed by atoms with Crippen LogP contribution in [0.2, 0.25) is 0 Å². The van der Waals surface area contributed by atoms with Crippen LogP contribution in [0.1, 0.15) is 50.9 Å². The highest BCUT2D eigenvalue weighted by Gasteiger charge is 2.36. The van der Waals surface area contributed by atoms with E-state index >= 15 is 0 Å². The van der Waals surface area contributed by atoms with Crippen molar-refractivity contribution in [2.24, 2.45) is 5.41 Å². The summed E-state index contributed by atoms with van der Waals surface area (Å²) in [7, 11) is 0. The normalized spacial score (nSPS) is 15.6. The Morgan fingerprint density at radius 3 is 2.42 bits per heavy atom. The van der Waals surface area contributed by atoms with Crippen LogP contribution in [0.3, 0.4) is 0 Å². The smallest absolute Gasteiger partial charge is 0.405 e. The maximum Gasteiger partial charge on any atom is 0.573 e. The molecule has 0 amide bonds. The lowest BCUT2D eigenvalue weighted by molar-refractivity contribution is -0.274. The van der Waals surface area contributed by atoms with Gasteiger partial charge < -0.3 is 9.26 Å². The molecular formula is C18H20F3NO2. The van der Waals surface area contributed by atoms with Crippen molar-refractivity contribution in [2.45, 2.75) is 52.3 Å². The molecule has 0 radical (unpaired) electrons. The van der Waals surface area contributed by atoms with Gasteiger partial charge in [0.1, 0.15) is 17.2 Å². The second-order valence-corrected chi connectivity index (χ2v) is 7.43. The lowest BCUT2D eigenvalue weighted by atomic mass is 9.85. The first-order chi connectivity index (χ1) is 11.1. The van der Waals surface area contributed by atoms with E-state index in [1.807, 2.05) is 0 Å². The largest absolute Gasteiger partial charge is 0.573 e. The van der Waals surface area contributed by atoms with Crippen LogP contribution in [0.25, 0.3) is 11.3 Å². The van der Waals surface area contributed by atoms with E-state index in [2.05, 4.69) is 30.7 Å². The molecule has 3 nitrogen and oxygen atoms in total. The summed E-state index contributed by atoms with van der Waals surface area (Å²) in [5.41, 5.74) is 1.61. The Balaban J connectivity index is 2.07. The zero-order valence-corrected chi connectivity index (χ0v) is 13.9. The van der Waals surface area contributed by atoms with Crippen molar-refractivity contribution in [1.82, 2.24) is 5.16 Å². The minimum atomic E-state index is -4.75. The molecule has 0 atom stereocenters. The maximum absolute atomic E-state index is 12.7. The van der Waals surface area contributed by atoms with Gasteiger partial charge in [-0.15, -0.1) is 13.2 Å².